The number of carbonyl (C=O) groups is 4. The highest BCUT2D eigenvalue weighted by Crippen LogP contribution is 2.46. The van der Waals surface area contributed by atoms with Crippen molar-refractivity contribution in [3.05, 3.63) is 119 Å². The van der Waals surface area contributed by atoms with E-state index in [2.05, 4.69) is 93.5 Å². The zero-order valence-corrected chi connectivity index (χ0v) is 37.9. The number of carbonyl (C=O) groups excluding carboxylic acids is 2. The molecule has 2 saturated heterocycles. The molecule has 4 aromatic carbocycles. The number of para-hydroxylation sites is 6. The first kappa shape index (κ1) is 45.7. The van der Waals surface area contributed by atoms with Crippen LogP contribution in [0.4, 0.5) is 34.1 Å². The van der Waals surface area contributed by atoms with Crippen LogP contribution in [0.15, 0.2) is 97.1 Å². The molecule has 0 radical (unpaired) electrons. The van der Waals surface area contributed by atoms with Crippen molar-refractivity contribution in [2.24, 2.45) is 11.8 Å². The van der Waals surface area contributed by atoms with Gasteiger partial charge in [-0.15, -0.1) is 0 Å². The molecule has 0 unspecified atom stereocenters. The van der Waals surface area contributed by atoms with Gasteiger partial charge in [-0.2, -0.15) is 0 Å². The lowest BCUT2D eigenvalue weighted by atomic mass is 9.99. The fourth-order valence-electron chi connectivity index (χ4n) is 9.59. The minimum atomic E-state index is -1.26. The number of carboxylic acids is 2. The molecule has 0 aliphatic carbocycles. The van der Waals surface area contributed by atoms with Gasteiger partial charge in [-0.3, -0.25) is 29.2 Å². The highest BCUT2D eigenvalue weighted by molar-refractivity contribution is 6.16. The molecule has 2 amide bonds. The molecular formula is C54H58N6O6. The number of rotatable bonds is 6. The van der Waals surface area contributed by atoms with Crippen LogP contribution in [0.1, 0.15) is 71.4 Å². The summed E-state index contributed by atoms with van der Waals surface area (Å²) < 4.78 is 0. The average molecular weight is 887 g/mol. The number of benzene rings is 4. The Morgan fingerprint density at radius 2 is 0.879 bits per heavy atom. The molecule has 2 N–H and O–H groups in total. The molecule has 2 fully saturated rings. The van der Waals surface area contributed by atoms with Gasteiger partial charge >= 0.3 is 11.9 Å². The smallest absolute Gasteiger partial charge is 0.328 e. The first-order valence-corrected chi connectivity index (χ1v) is 23.2. The molecule has 0 bridgehead atoms. The summed E-state index contributed by atoms with van der Waals surface area (Å²) in [5.41, 5.74) is 10.4. The van der Waals surface area contributed by atoms with Crippen LogP contribution in [0.2, 0.25) is 0 Å². The molecule has 0 aromatic heterocycles. The first-order valence-electron chi connectivity index (χ1n) is 23.2. The van der Waals surface area contributed by atoms with E-state index in [0.717, 1.165) is 122 Å². The molecule has 340 valence electrons. The van der Waals surface area contributed by atoms with E-state index in [1.165, 1.54) is 36.8 Å². The fraction of sp³-hybridized carbons (Fsp3) is 0.370. The van der Waals surface area contributed by atoms with Crippen LogP contribution < -0.4 is 19.6 Å². The second-order valence-corrected chi connectivity index (χ2v) is 17.8. The predicted octanol–water partition coefficient (Wildman–Crippen LogP) is 7.86. The van der Waals surface area contributed by atoms with Crippen molar-refractivity contribution in [2.45, 2.75) is 52.4 Å². The van der Waals surface area contributed by atoms with Gasteiger partial charge in [-0.25, -0.2) is 9.59 Å². The molecule has 10 rings (SSSR count). The second kappa shape index (κ2) is 21.0. The Kier molecular flexibility index (Phi) is 14.5. The van der Waals surface area contributed by atoms with E-state index in [0.29, 0.717) is 25.2 Å². The zero-order valence-electron chi connectivity index (χ0n) is 37.9. The first-order chi connectivity index (χ1) is 32.1. The number of fused-ring (bicyclic) bond motifs is 4. The van der Waals surface area contributed by atoms with Crippen LogP contribution in [0.5, 0.6) is 0 Å². The summed E-state index contributed by atoms with van der Waals surface area (Å²) in [6.07, 6.45) is 8.12. The summed E-state index contributed by atoms with van der Waals surface area (Å²) in [5.74, 6) is 12.5. The Morgan fingerprint density at radius 3 is 1.26 bits per heavy atom. The highest BCUT2D eigenvalue weighted by Gasteiger charge is 2.36. The molecule has 12 heteroatoms. The predicted molar refractivity (Wildman–Crippen MR) is 260 cm³/mol. The number of piperidine rings is 2. The van der Waals surface area contributed by atoms with Crippen LogP contribution in [-0.2, 0) is 22.4 Å². The topological polar surface area (TPSA) is 128 Å². The van der Waals surface area contributed by atoms with Crippen molar-refractivity contribution in [1.29, 1.82) is 0 Å². The number of hydrogen-bond donors (Lipinski definition) is 2. The van der Waals surface area contributed by atoms with Crippen molar-refractivity contribution in [1.82, 2.24) is 9.80 Å². The normalized spacial score (nSPS) is 17.6. The standard InChI is InChI=1S/2C25H27N3O.C4H4O4/c2*1-19-11-16-26(17-12-19)14-4-5-15-28-23-10-3-2-9-22(23)27-18-13-20-7-6-8-21(24(20)27)25(28)29;5-3(6)1-2-4(7)8/h2*2-3,6-10,19H,11-18H2,1H3;1-2H,(H,5,6)(H,7,8)/b;;2-1+. The number of nitrogens with zero attached hydrogens (tertiary/aromatic N) is 6. The van der Waals surface area contributed by atoms with Crippen LogP contribution in [0.3, 0.4) is 0 Å². The molecule has 0 spiro atoms. The van der Waals surface area contributed by atoms with Gasteiger partial charge in [0.15, 0.2) is 0 Å². The van der Waals surface area contributed by atoms with Crippen LogP contribution in [0.25, 0.3) is 0 Å². The van der Waals surface area contributed by atoms with E-state index in [1.807, 2.05) is 58.3 Å². The molecule has 6 aliphatic heterocycles. The monoisotopic (exact) mass is 886 g/mol. The van der Waals surface area contributed by atoms with Crippen molar-refractivity contribution >= 4 is 57.9 Å². The van der Waals surface area contributed by atoms with Gasteiger partial charge in [0.25, 0.3) is 11.8 Å². The summed E-state index contributed by atoms with van der Waals surface area (Å²) in [6, 6.07) is 28.7. The van der Waals surface area contributed by atoms with Gasteiger partial charge in [0.2, 0.25) is 0 Å². The Labute approximate surface area is 388 Å². The molecule has 4 aromatic rings. The Morgan fingerprint density at radius 1 is 0.515 bits per heavy atom. The lowest BCUT2D eigenvalue weighted by molar-refractivity contribution is -0.134. The maximum absolute atomic E-state index is 13.5. The summed E-state index contributed by atoms with van der Waals surface area (Å²) in [7, 11) is 0. The lowest BCUT2D eigenvalue weighted by Crippen LogP contribution is -2.33. The maximum atomic E-state index is 13.5. The van der Waals surface area contributed by atoms with Gasteiger partial charge in [-0.05, 0) is 124 Å². The minimum Gasteiger partial charge on any atom is -0.478 e. The third kappa shape index (κ3) is 10.3. The third-order valence-corrected chi connectivity index (χ3v) is 13.3. The molecule has 6 aliphatic rings. The second-order valence-electron chi connectivity index (χ2n) is 17.8. The van der Waals surface area contributed by atoms with Crippen molar-refractivity contribution in [2.75, 3.05) is 85.0 Å². The van der Waals surface area contributed by atoms with Crippen LogP contribution in [0, 0.1) is 35.5 Å². The lowest BCUT2D eigenvalue weighted by Gasteiger charge is -2.28. The summed E-state index contributed by atoms with van der Waals surface area (Å²) >= 11 is 0. The Hall–Kier alpha value is -6.86. The quantitative estimate of drug-likeness (QED) is 0.146. The van der Waals surface area contributed by atoms with E-state index in [-0.39, 0.29) is 11.8 Å². The van der Waals surface area contributed by atoms with Gasteiger partial charge in [0.1, 0.15) is 0 Å². The van der Waals surface area contributed by atoms with Crippen LogP contribution in [-0.4, -0.2) is 109 Å². The number of anilines is 6. The third-order valence-electron chi connectivity index (χ3n) is 13.3. The summed E-state index contributed by atoms with van der Waals surface area (Å²) in [6.45, 7) is 13.5. The number of aliphatic carboxylic acids is 2. The largest absolute Gasteiger partial charge is 0.478 e. The number of likely N-dealkylation sites (tertiary alicyclic amines) is 2. The van der Waals surface area contributed by atoms with Gasteiger partial charge in [-0.1, -0.05) is 86.1 Å². The highest BCUT2D eigenvalue weighted by atomic mass is 16.4. The molecule has 0 atom stereocenters. The SMILES string of the molecule is CC1CCN(CC#CCN2C(=O)c3cccc4c3N(CC4)c3ccccc32)CC1.CC1CCN(CC#CCN2C(=O)c3cccc4c3N(CC4)c3ccccc32)CC1.O=C(O)/C=C/C(=O)O. The van der Waals surface area contributed by atoms with Crippen molar-refractivity contribution in [3.8, 4) is 23.7 Å². The number of carboxylic acid groups (broad SMARTS) is 2. The Balaban J connectivity index is 0.000000154. The molecule has 66 heavy (non-hydrogen) atoms. The number of hydrogen-bond acceptors (Lipinski definition) is 8. The Bertz CT molecular complexity index is 2440. The fourth-order valence-corrected chi connectivity index (χ4v) is 9.59. The average Bonchev–Trinajstić information content (AvgIpc) is 3.93. The van der Waals surface area contributed by atoms with Crippen molar-refractivity contribution < 1.29 is 29.4 Å². The number of amides is 2. The van der Waals surface area contributed by atoms with E-state index in [4.69, 9.17) is 10.2 Å². The molecule has 6 heterocycles. The summed E-state index contributed by atoms with van der Waals surface area (Å²) in [4.78, 5) is 59.2. The van der Waals surface area contributed by atoms with E-state index in [9.17, 15) is 19.2 Å². The van der Waals surface area contributed by atoms with Crippen molar-refractivity contribution in [3.63, 3.8) is 0 Å². The molecular weight excluding hydrogens is 829 g/mol. The van der Waals surface area contributed by atoms with Crippen LogP contribution >= 0.6 is 0 Å². The van der Waals surface area contributed by atoms with Gasteiger partial charge in [0, 0.05) is 25.2 Å². The molecule has 12 nitrogen and oxygen atoms in total. The van der Waals surface area contributed by atoms with E-state index < -0.39 is 11.9 Å². The molecule has 0 saturated carbocycles. The zero-order chi connectivity index (χ0) is 46.2. The maximum Gasteiger partial charge on any atom is 0.328 e. The van der Waals surface area contributed by atoms with E-state index >= 15 is 0 Å². The minimum absolute atomic E-state index is 0.0554. The van der Waals surface area contributed by atoms with Gasteiger partial charge in [0.05, 0.1) is 71.4 Å². The summed E-state index contributed by atoms with van der Waals surface area (Å²) in [5, 5.41) is 15.6. The van der Waals surface area contributed by atoms with Gasteiger partial charge < -0.3 is 20.0 Å². The van der Waals surface area contributed by atoms with E-state index in [1.54, 1.807) is 0 Å².